The average molecular weight is 287 g/mol. The highest BCUT2D eigenvalue weighted by Crippen LogP contribution is 2.14. The fraction of sp³-hybridized carbons (Fsp3) is 0.286. The molecule has 2 aromatic rings. The van der Waals surface area contributed by atoms with Gasteiger partial charge in [0.2, 0.25) is 11.8 Å². The van der Waals surface area contributed by atoms with Crippen LogP contribution in [0.4, 0.5) is 11.8 Å². The van der Waals surface area contributed by atoms with Crippen LogP contribution in [0.3, 0.4) is 0 Å². The Morgan fingerprint density at radius 2 is 1.81 bits per heavy atom. The molecule has 0 saturated heterocycles. The van der Waals surface area contributed by atoms with Crippen molar-refractivity contribution in [1.29, 1.82) is 0 Å². The molecule has 110 valence electrons. The molecule has 2 heterocycles. The van der Waals surface area contributed by atoms with E-state index in [4.69, 9.17) is 4.74 Å². The number of aromatic nitrogens is 3. The number of hydrogen-bond donors (Lipinski definition) is 2. The van der Waals surface area contributed by atoms with Crippen LogP contribution in [0.2, 0.25) is 0 Å². The number of rotatable bonds is 4. The van der Waals surface area contributed by atoms with Gasteiger partial charge in [-0.3, -0.25) is 10.1 Å². The predicted octanol–water partition coefficient (Wildman–Crippen LogP) is 1.79. The number of ether oxygens (including phenoxy) is 1. The summed E-state index contributed by atoms with van der Waals surface area (Å²) in [6, 6.07) is 5.05. The Morgan fingerprint density at radius 1 is 1.10 bits per heavy atom. The van der Waals surface area contributed by atoms with Crippen LogP contribution in [0.1, 0.15) is 21.7 Å². The molecule has 21 heavy (non-hydrogen) atoms. The summed E-state index contributed by atoms with van der Waals surface area (Å²) in [5.41, 5.74) is 1.93. The molecule has 0 fully saturated rings. The van der Waals surface area contributed by atoms with Crippen LogP contribution in [0.25, 0.3) is 0 Å². The second-order valence-electron chi connectivity index (χ2n) is 4.46. The predicted molar refractivity (Wildman–Crippen MR) is 79.8 cm³/mol. The molecule has 0 bridgehead atoms. The molecule has 0 aromatic carbocycles. The van der Waals surface area contributed by atoms with E-state index in [0.717, 1.165) is 5.69 Å². The second kappa shape index (κ2) is 6.17. The minimum Gasteiger partial charge on any atom is -0.481 e. The van der Waals surface area contributed by atoms with E-state index in [1.807, 2.05) is 6.92 Å². The first-order chi connectivity index (χ1) is 10.0. The minimum atomic E-state index is -0.301. The van der Waals surface area contributed by atoms with Crippen molar-refractivity contribution in [2.75, 3.05) is 24.8 Å². The lowest BCUT2D eigenvalue weighted by Crippen LogP contribution is -2.15. The molecule has 7 heteroatoms. The van der Waals surface area contributed by atoms with E-state index < -0.39 is 0 Å². The monoisotopic (exact) mass is 287 g/mol. The van der Waals surface area contributed by atoms with Gasteiger partial charge in [0.15, 0.2) is 0 Å². The number of nitrogens with zero attached hydrogens (tertiary/aromatic N) is 3. The zero-order valence-corrected chi connectivity index (χ0v) is 12.4. The number of nitrogens with one attached hydrogen (secondary N) is 2. The lowest BCUT2D eigenvalue weighted by atomic mass is 10.2. The summed E-state index contributed by atoms with van der Waals surface area (Å²) in [6.45, 7) is 3.62. The highest BCUT2D eigenvalue weighted by molar-refractivity contribution is 6.03. The van der Waals surface area contributed by atoms with Gasteiger partial charge in [0.25, 0.3) is 5.91 Å². The first-order valence-corrected chi connectivity index (χ1v) is 6.39. The van der Waals surface area contributed by atoms with Crippen LogP contribution in [-0.2, 0) is 0 Å². The smallest absolute Gasteiger partial charge is 0.258 e. The molecule has 0 radical (unpaired) electrons. The van der Waals surface area contributed by atoms with Gasteiger partial charge >= 0.3 is 0 Å². The normalized spacial score (nSPS) is 10.1. The Bertz CT molecular complexity index is 672. The van der Waals surface area contributed by atoms with E-state index in [0.29, 0.717) is 23.0 Å². The minimum absolute atomic E-state index is 0.206. The molecule has 0 aliphatic heterocycles. The van der Waals surface area contributed by atoms with Gasteiger partial charge in [0.1, 0.15) is 5.82 Å². The lowest BCUT2D eigenvalue weighted by Gasteiger charge is -2.08. The van der Waals surface area contributed by atoms with Crippen LogP contribution in [-0.4, -0.2) is 35.0 Å². The summed E-state index contributed by atoms with van der Waals surface area (Å²) in [4.78, 5) is 24.7. The third-order valence-corrected chi connectivity index (χ3v) is 2.74. The molecule has 0 spiro atoms. The second-order valence-corrected chi connectivity index (χ2v) is 4.46. The van der Waals surface area contributed by atoms with E-state index >= 15 is 0 Å². The Kier molecular flexibility index (Phi) is 4.32. The molecule has 7 nitrogen and oxygen atoms in total. The number of anilines is 2. The van der Waals surface area contributed by atoms with Crippen molar-refractivity contribution in [3.8, 4) is 5.88 Å². The quantitative estimate of drug-likeness (QED) is 0.891. The van der Waals surface area contributed by atoms with Gasteiger partial charge in [-0.1, -0.05) is 0 Å². The molecule has 1 amide bonds. The van der Waals surface area contributed by atoms with Gasteiger partial charge in [-0.15, -0.1) is 0 Å². The van der Waals surface area contributed by atoms with Gasteiger partial charge in [0, 0.05) is 30.1 Å². The maximum absolute atomic E-state index is 12.3. The molecule has 2 N–H and O–H groups in total. The largest absolute Gasteiger partial charge is 0.481 e. The molecule has 2 aromatic heterocycles. The van der Waals surface area contributed by atoms with Gasteiger partial charge in [-0.2, -0.15) is 4.98 Å². The highest BCUT2D eigenvalue weighted by atomic mass is 16.5. The summed E-state index contributed by atoms with van der Waals surface area (Å²) in [5.74, 6) is 0.935. The Hall–Kier alpha value is -2.70. The van der Waals surface area contributed by atoms with Crippen molar-refractivity contribution in [2.45, 2.75) is 13.8 Å². The van der Waals surface area contributed by atoms with E-state index in [1.54, 1.807) is 32.2 Å². The van der Waals surface area contributed by atoms with Crippen molar-refractivity contribution in [2.24, 2.45) is 0 Å². The third kappa shape index (κ3) is 3.65. The van der Waals surface area contributed by atoms with Crippen molar-refractivity contribution in [1.82, 2.24) is 15.0 Å². The standard InChI is InChI=1S/C14H17N5O2/c1-8-5-10(7-11(15-3)16-8)13(20)19-14-17-9(2)6-12(18-14)21-4/h5-7H,1-4H3,(H,15,16)(H,17,18,19,20). The van der Waals surface area contributed by atoms with Crippen LogP contribution in [0.15, 0.2) is 18.2 Å². The fourth-order valence-electron chi connectivity index (χ4n) is 1.80. The van der Waals surface area contributed by atoms with Gasteiger partial charge in [-0.05, 0) is 26.0 Å². The van der Waals surface area contributed by atoms with Crippen molar-refractivity contribution < 1.29 is 9.53 Å². The Balaban J connectivity index is 2.25. The van der Waals surface area contributed by atoms with E-state index in [-0.39, 0.29) is 11.9 Å². The lowest BCUT2D eigenvalue weighted by molar-refractivity contribution is 0.102. The maximum atomic E-state index is 12.3. The number of methoxy groups -OCH3 is 1. The molecule has 0 saturated carbocycles. The molecular formula is C14H17N5O2. The Labute approximate surface area is 122 Å². The maximum Gasteiger partial charge on any atom is 0.258 e. The summed E-state index contributed by atoms with van der Waals surface area (Å²) in [5, 5.41) is 5.57. The van der Waals surface area contributed by atoms with Crippen molar-refractivity contribution >= 4 is 17.7 Å². The highest BCUT2D eigenvalue weighted by Gasteiger charge is 2.11. The average Bonchev–Trinajstić information content (AvgIpc) is 2.45. The van der Waals surface area contributed by atoms with Crippen LogP contribution in [0, 0.1) is 13.8 Å². The molecule has 0 aliphatic rings. The Morgan fingerprint density at radius 3 is 2.48 bits per heavy atom. The van der Waals surface area contributed by atoms with Crippen LogP contribution >= 0.6 is 0 Å². The first-order valence-electron chi connectivity index (χ1n) is 6.39. The molecule has 0 aliphatic carbocycles. The number of pyridine rings is 1. The first kappa shape index (κ1) is 14.7. The number of carbonyl (C=O) groups is 1. The van der Waals surface area contributed by atoms with Crippen LogP contribution < -0.4 is 15.4 Å². The topological polar surface area (TPSA) is 89.0 Å². The molecule has 0 atom stereocenters. The molecule has 0 unspecified atom stereocenters. The van der Waals surface area contributed by atoms with E-state index in [9.17, 15) is 4.79 Å². The van der Waals surface area contributed by atoms with E-state index in [1.165, 1.54) is 7.11 Å². The zero-order valence-electron chi connectivity index (χ0n) is 12.4. The molecule has 2 rings (SSSR count). The SMILES string of the molecule is CNc1cc(C(=O)Nc2nc(C)cc(OC)n2)cc(C)n1. The summed E-state index contributed by atoms with van der Waals surface area (Å²) in [6.07, 6.45) is 0. The summed E-state index contributed by atoms with van der Waals surface area (Å²) >= 11 is 0. The third-order valence-electron chi connectivity index (χ3n) is 2.74. The zero-order chi connectivity index (χ0) is 15.4. The van der Waals surface area contributed by atoms with Gasteiger partial charge < -0.3 is 10.1 Å². The van der Waals surface area contributed by atoms with Crippen LogP contribution in [0.5, 0.6) is 5.88 Å². The van der Waals surface area contributed by atoms with Crippen molar-refractivity contribution in [3.63, 3.8) is 0 Å². The van der Waals surface area contributed by atoms with E-state index in [2.05, 4.69) is 25.6 Å². The number of carbonyl (C=O) groups excluding carboxylic acids is 1. The van der Waals surface area contributed by atoms with Crippen molar-refractivity contribution in [3.05, 3.63) is 35.2 Å². The van der Waals surface area contributed by atoms with Gasteiger partial charge in [0.05, 0.1) is 7.11 Å². The number of hydrogen-bond acceptors (Lipinski definition) is 6. The summed E-state index contributed by atoms with van der Waals surface area (Å²) in [7, 11) is 3.26. The summed E-state index contributed by atoms with van der Waals surface area (Å²) < 4.78 is 5.06. The number of aryl methyl sites for hydroxylation is 2. The van der Waals surface area contributed by atoms with Gasteiger partial charge in [-0.25, -0.2) is 9.97 Å². The fourth-order valence-corrected chi connectivity index (χ4v) is 1.80. The molecular weight excluding hydrogens is 270 g/mol. The number of amides is 1.